The molecule has 3 heteroatoms. The maximum absolute atomic E-state index is 12.4. The lowest BCUT2D eigenvalue weighted by Crippen LogP contribution is -2.10. The zero-order chi connectivity index (χ0) is 12.8. The van der Waals surface area contributed by atoms with Crippen LogP contribution in [0.2, 0.25) is 0 Å². The topological polar surface area (TPSA) is 0 Å². The van der Waals surface area contributed by atoms with Gasteiger partial charge in [0.15, 0.2) is 0 Å². The van der Waals surface area contributed by atoms with Gasteiger partial charge < -0.3 is 0 Å². The number of hydrogen-bond acceptors (Lipinski definition) is 0. The van der Waals surface area contributed by atoms with E-state index >= 15 is 0 Å². The summed E-state index contributed by atoms with van der Waals surface area (Å²) in [5.41, 5.74) is 0.466. The van der Waals surface area contributed by atoms with Crippen LogP contribution >= 0.6 is 0 Å². The lowest BCUT2D eigenvalue weighted by Gasteiger charge is -2.18. The highest BCUT2D eigenvalue weighted by molar-refractivity contribution is 5.26. The van der Waals surface area contributed by atoms with Gasteiger partial charge in [-0.15, -0.1) is 0 Å². The first kappa shape index (κ1) is 11.8. The fraction of sp³-hybridized carbons (Fsp3) is 0.467. The molecule has 0 N–H and O–H groups in total. The fourth-order valence-corrected chi connectivity index (χ4v) is 3.26. The molecule has 0 aliphatic heterocycles. The van der Waals surface area contributed by atoms with Gasteiger partial charge in [0.2, 0.25) is 0 Å². The smallest absolute Gasteiger partial charge is 0.166 e. The number of allylic oxidation sites excluding steroid dienone is 2. The number of benzene rings is 1. The van der Waals surface area contributed by atoms with Gasteiger partial charge >= 0.3 is 6.18 Å². The van der Waals surface area contributed by atoms with E-state index in [4.69, 9.17) is 0 Å². The van der Waals surface area contributed by atoms with Crippen molar-refractivity contribution in [2.75, 3.05) is 0 Å². The molecule has 18 heavy (non-hydrogen) atoms. The summed E-state index contributed by atoms with van der Waals surface area (Å²) >= 11 is 0. The van der Waals surface area contributed by atoms with Crippen molar-refractivity contribution in [3.8, 4) is 0 Å². The predicted octanol–water partition coefficient (Wildman–Crippen LogP) is 4.46. The molecule has 2 unspecified atom stereocenters. The van der Waals surface area contributed by atoms with Crippen molar-refractivity contribution in [1.29, 1.82) is 0 Å². The zero-order valence-electron chi connectivity index (χ0n) is 9.95. The van der Waals surface area contributed by atoms with Crippen LogP contribution in [0.1, 0.15) is 24.0 Å². The Morgan fingerprint density at radius 3 is 2.22 bits per heavy atom. The van der Waals surface area contributed by atoms with Crippen molar-refractivity contribution in [2.24, 2.45) is 17.8 Å². The third-order valence-corrected chi connectivity index (χ3v) is 4.20. The van der Waals surface area contributed by atoms with Crippen molar-refractivity contribution in [1.82, 2.24) is 0 Å². The first-order valence-corrected chi connectivity index (χ1v) is 6.37. The molecule has 1 saturated carbocycles. The first-order valence-electron chi connectivity index (χ1n) is 6.37. The van der Waals surface area contributed by atoms with Crippen LogP contribution in [0.15, 0.2) is 36.4 Å². The second kappa shape index (κ2) is 4.15. The quantitative estimate of drug-likeness (QED) is 0.682. The van der Waals surface area contributed by atoms with E-state index in [0.717, 1.165) is 17.9 Å². The molecule has 3 rings (SSSR count). The summed E-state index contributed by atoms with van der Waals surface area (Å²) in [5, 5.41) is 0. The average Bonchev–Trinajstić information content (AvgIpc) is 2.90. The largest absolute Gasteiger partial charge is 0.416 e. The highest BCUT2D eigenvalue weighted by Crippen LogP contribution is 2.44. The molecule has 1 aromatic carbocycles. The van der Waals surface area contributed by atoms with Gasteiger partial charge in [0.25, 0.3) is 0 Å². The van der Waals surface area contributed by atoms with E-state index in [1.54, 1.807) is 12.1 Å². The van der Waals surface area contributed by atoms with E-state index in [1.807, 2.05) is 0 Å². The van der Waals surface area contributed by atoms with Crippen molar-refractivity contribution in [3.05, 3.63) is 47.5 Å². The highest BCUT2D eigenvalue weighted by atomic mass is 19.4. The van der Waals surface area contributed by atoms with E-state index in [2.05, 4.69) is 12.2 Å². The van der Waals surface area contributed by atoms with Gasteiger partial charge in [0.05, 0.1) is 5.56 Å². The van der Waals surface area contributed by atoms with Gasteiger partial charge in [0.1, 0.15) is 0 Å². The molecule has 1 fully saturated rings. The summed E-state index contributed by atoms with van der Waals surface area (Å²) in [5.74, 6) is 1.99. The van der Waals surface area contributed by atoms with Gasteiger partial charge in [-0.3, -0.25) is 0 Å². The molecule has 2 aliphatic carbocycles. The van der Waals surface area contributed by atoms with Crippen LogP contribution < -0.4 is 0 Å². The molecule has 1 aromatic rings. The van der Waals surface area contributed by atoms with Gasteiger partial charge in [-0.2, -0.15) is 13.2 Å². The number of alkyl halides is 3. The van der Waals surface area contributed by atoms with E-state index in [1.165, 1.54) is 25.0 Å². The van der Waals surface area contributed by atoms with E-state index in [9.17, 15) is 13.2 Å². The SMILES string of the molecule is FC(F)(F)c1ccc(CC2CC3C=C[C@@H]2C3)cc1. The molecule has 2 aliphatic rings. The van der Waals surface area contributed by atoms with Crippen LogP contribution in [-0.4, -0.2) is 0 Å². The van der Waals surface area contributed by atoms with E-state index in [0.29, 0.717) is 11.8 Å². The van der Waals surface area contributed by atoms with Crippen molar-refractivity contribution >= 4 is 0 Å². The van der Waals surface area contributed by atoms with Gasteiger partial charge in [-0.1, -0.05) is 24.3 Å². The summed E-state index contributed by atoms with van der Waals surface area (Å²) < 4.78 is 37.3. The number of rotatable bonds is 2. The lowest BCUT2D eigenvalue weighted by atomic mass is 9.87. The maximum atomic E-state index is 12.4. The van der Waals surface area contributed by atoms with Crippen LogP contribution in [0.25, 0.3) is 0 Å². The Kier molecular flexibility index (Phi) is 2.72. The highest BCUT2D eigenvalue weighted by Gasteiger charge is 2.35. The lowest BCUT2D eigenvalue weighted by molar-refractivity contribution is -0.137. The Morgan fingerprint density at radius 1 is 1.00 bits per heavy atom. The molecule has 0 saturated heterocycles. The molecule has 0 nitrogen and oxygen atoms in total. The molecule has 0 radical (unpaired) electrons. The summed E-state index contributed by atoms with van der Waals surface area (Å²) in [6.07, 6.45) is 3.68. The first-order chi connectivity index (χ1) is 8.52. The van der Waals surface area contributed by atoms with Crippen LogP contribution in [0.4, 0.5) is 13.2 Å². The van der Waals surface area contributed by atoms with E-state index < -0.39 is 11.7 Å². The van der Waals surface area contributed by atoms with Crippen LogP contribution in [0.3, 0.4) is 0 Å². The Labute approximate surface area is 105 Å². The minimum atomic E-state index is -4.23. The second-order valence-electron chi connectivity index (χ2n) is 5.44. The van der Waals surface area contributed by atoms with Crippen molar-refractivity contribution in [2.45, 2.75) is 25.4 Å². The molecule has 0 amide bonds. The Morgan fingerprint density at radius 2 is 1.72 bits per heavy atom. The molecule has 2 bridgehead atoms. The third kappa shape index (κ3) is 2.18. The predicted molar refractivity (Wildman–Crippen MR) is 64.0 cm³/mol. The fourth-order valence-electron chi connectivity index (χ4n) is 3.26. The van der Waals surface area contributed by atoms with Crippen LogP contribution in [-0.2, 0) is 12.6 Å². The number of halogens is 3. The summed E-state index contributed by atoms with van der Waals surface area (Å²) in [6.45, 7) is 0. The molecule has 0 spiro atoms. The van der Waals surface area contributed by atoms with Gasteiger partial charge in [-0.25, -0.2) is 0 Å². The van der Waals surface area contributed by atoms with E-state index in [-0.39, 0.29) is 0 Å². The average molecular weight is 252 g/mol. The zero-order valence-corrected chi connectivity index (χ0v) is 9.95. The van der Waals surface area contributed by atoms with Gasteiger partial charge in [-0.05, 0) is 54.7 Å². The standard InChI is InChI=1S/C15H15F3/c16-15(17,18)14-5-2-10(3-6-14)7-13-9-11-1-4-12(13)8-11/h1-6,11-13H,7-9H2/t11?,12-,13?/m1/s1. The summed E-state index contributed by atoms with van der Waals surface area (Å²) in [4.78, 5) is 0. The van der Waals surface area contributed by atoms with Crippen LogP contribution in [0.5, 0.6) is 0 Å². The van der Waals surface area contributed by atoms with Crippen molar-refractivity contribution < 1.29 is 13.2 Å². The molecule has 0 aromatic heterocycles. The molecule has 0 heterocycles. The minimum Gasteiger partial charge on any atom is -0.166 e. The molecular formula is C15H15F3. The molecule has 96 valence electrons. The Balaban J connectivity index is 1.69. The van der Waals surface area contributed by atoms with Gasteiger partial charge in [0, 0.05) is 0 Å². The number of fused-ring (bicyclic) bond motifs is 2. The molecular weight excluding hydrogens is 237 g/mol. The van der Waals surface area contributed by atoms with Crippen molar-refractivity contribution in [3.63, 3.8) is 0 Å². The Bertz CT molecular complexity index is 456. The molecule has 3 atom stereocenters. The third-order valence-electron chi connectivity index (χ3n) is 4.20. The monoisotopic (exact) mass is 252 g/mol. The summed E-state index contributed by atoms with van der Waals surface area (Å²) in [7, 11) is 0. The van der Waals surface area contributed by atoms with Crippen LogP contribution in [0, 0.1) is 17.8 Å². The normalized spacial score (nSPS) is 30.1. The number of hydrogen-bond donors (Lipinski definition) is 0. The minimum absolute atomic E-state index is 0.556. The maximum Gasteiger partial charge on any atom is 0.416 e. The second-order valence-corrected chi connectivity index (χ2v) is 5.44. The summed E-state index contributed by atoms with van der Waals surface area (Å²) in [6, 6.07) is 5.63. The Hall–Kier alpha value is -1.25.